The van der Waals surface area contributed by atoms with Gasteiger partial charge in [0.05, 0.1) is 0 Å². The van der Waals surface area contributed by atoms with Gasteiger partial charge in [-0.05, 0) is 6.92 Å². The minimum Gasteiger partial charge on any atom is -0.478 e. The third-order valence-corrected chi connectivity index (χ3v) is 5.45. The molecule has 0 radical (unpaired) electrons. The molecule has 0 spiro atoms. The predicted octanol–water partition coefficient (Wildman–Crippen LogP) is 0.154. The number of carboxylic acid groups (broad SMARTS) is 1. The van der Waals surface area contributed by atoms with Crippen LogP contribution in [0.2, 0.25) is 0 Å². The third kappa shape index (κ3) is 2.25. The van der Waals surface area contributed by atoms with Crippen LogP contribution in [-0.2, 0) is 10.0 Å². The molecule has 1 saturated heterocycles. The van der Waals surface area contributed by atoms with Crippen LogP contribution in [0, 0.1) is 6.92 Å². The van der Waals surface area contributed by atoms with Gasteiger partial charge in [-0.1, -0.05) is 0 Å². The fraction of sp³-hybridized carbons (Fsp3) is 0.556. The van der Waals surface area contributed by atoms with E-state index in [-0.39, 0.29) is 16.3 Å². The van der Waals surface area contributed by atoms with Gasteiger partial charge in [0.15, 0.2) is 0 Å². The van der Waals surface area contributed by atoms with Crippen molar-refractivity contribution in [3.05, 3.63) is 11.3 Å². The maximum atomic E-state index is 12.3. The summed E-state index contributed by atoms with van der Waals surface area (Å²) >= 11 is 1.68. The van der Waals surface area contributed by atoms with Gasteiger partial charge in [0, 0.05) is 30.3 Å². The van der Waals surface area contributed by atoms with E-state index in [0.29, 0.717) is 24.6 Å². The molecule has 2 N–H and O–H groups in total. The van der Waals surface area contributed by atoms with E-state index in [4.69, 9.17) is 5.11 Å². The highest BCUT2D eigenvalue weighted by atomic mass is 32.2. The van der Waals surface area contributed by atoms with Gasteiger partial charge < -0.3 is 5.11 Å². The first kappa shape index (κ1) is 13.4. The maximum absolute atomic E-state index is 12.3. The second-order valence-corrected chi connectivity index (χ2v) is 6.93. The highest BCUT2D eigenvalue weighted by Crippen LogP contribution is 2.23. The normalized spacial score (nSPS) is 17.8. The topological polar surface area (TPSA) is 103 Å². The standard InChI is InChI=1S/C9H13N3O4S2/c1-6-7(9(13)14)8(11-10-6)18(15,16)12-2-4-17-5-3-12/h2-5H2,1H3,(H,10,11)(H,13,14). The average molecular weight is 291 g/mol. The van der Waals surface area contributed by atoms with Crippen molar-refractivity contribution in [2.24, 2.45) is 0 Å². The molecule has 0 aromatic carbocycles. The number of thioether (sulfide) groups is 1. The van der Waals surface area contributed by atoms with E-state index in [0.717, 1.165) is 0 Å². The number of nitrogens with one attached hydrogen (secondary N) is 1. The fourth-order valence-corrected chi connectivity index (χ4v) is 4.46. The number of hydrogen-bond donors (Lipinski definition) is 2. The number of carboxylic acids is 1. The molecule has 1 fully saturated rings. The Balaban J connectivity index is 2.44. The summed E-state index contributed by atoms with van der Waals surface area (Å²) in [4.78, 5) is 11.1. The van der Waals surface area contributed by atoms with Gasteiger partial charge >= 0.3 is 5.97 Å². The van der Waals surface area contributed by atoms with Gasteiger partial charge in [0.1, 0.15) is 5.56 Å². The SMILES string of the molecule is Cc1[nH]nc(S(=O)(=O)N2CCSCC2)c1C(=O)O. The summed E-state index contributed by atoms with van der Waals surface area (Å²) in [5.74, 6) is 0.141. The van der Waals surface area contributed by atoms with E-state index >= 15 is 0 Å². The van der Waals surface area contributed by atoms with Crippen molar-refractivity contribution in [3.63, 3.8) is 0 Å². The van der Waals surface area contributed by atoms with Crippen LogP contribution >= 0.6 is 11.8 Å². The van der Waals surface area contributed by atoms with E-state index in [1.807, 2.05) is 0 Å². The first-order valence-electron chi connectivity index (χ1n) is 5.30. The first-order valence-corrected chi connectivity index (χ1v) is 7.90. The van der Waals surface area contributed by atoms with Crippen LogP contribution in [0.25, 0.3) is 0 Å². The molecule has 0 unspecified atom stereocenters. The molecule has 0 amide bonds. The molecule has 0 saturated carbocycles. The summed E-state index contributed by atoms with van der Waals surface area (Å²) in [7, 11) is -3.82. The number of carbonyl (C=O) groups is 1. The summed E-state index contributed by atoms with van der Waals surface area (Å²) < 4.78 is 25.9. The molecule has 2 rings (SSSR count). The van der Waals surface area contributed by atoms with Gasteiger partial charge in [-0.2, -0.15) is 21.2 Å². The molecule has 2 heterocycles. The Morgan fingerprint density at radius 3 is 2.61 bits per heavy atom. The number of aromatic nitrogens is 2. The molecule has 9 heteroatoms. The molecule has 100 valence electrons. The van der Waals surface area contributed by atoms with E-state index in [1.54, 1.807) is 11.8 Å². The van der Waals surface area contributed by atoms with E-state index in [9.17, 15) is 13.2 Å². The van der Waals surface area contributed by atoms with Crippen molar-refractivity contribution in [1.29, 1.82) is 0 Å². The summed E-state index contributed by atoms with van der Waals surface area (Å²) in [5.41, 5.74) is -0.0271. The molecule has 1 aromatic rings. The van der Waals surface area contributed by atoms with E-state index in [2.05, 4.69) is 10.2 Å². The van der Waals surface area contributed by atoms with Crippen LogP contribution in [0.4, 0.5) is 0 Å². The molecule has 18 heavy (non-hydrogen) atoms. The lowest BCUT2D eigenvalue weighted by Gasteiger charge is -2.24. The number of aryl methyl sites for hydroxylation is 1. The Morgan fingerprint density at radius 2 is 2.06 bits per heavy atom. The minimum absolute atomic E-state index is 0.243. The Labute approximate surface area is 109 Å². The average Bonchev–Trinajstić information content (AvgIpc) is 2.73. The lowest BCUT2D eigenvalue weighted by Crippen LogP contribution is -2.38. The number of aromatic carboxylic acids is 1. The van der Waals surface area contributed by atoms with Crippen LogP contribution in [0.5, 0.6) is 0 Å². The van der Waals surface area contributed by atoms with Crippen LogP contribution in [-0.4, -0.2) is 58.6 Å². The molecule has 1 aliphatic heterocycles. The van der Waals surface area contributed by atoms with Crippen LogP contribution in [0.15, 0.2) is 5.03 Å². The van der Waals surface area contributed by atoms with Crippen molar-refractivity contribution in [1.82, 2.24) is 14.5 Å². The number of aromatic amines is 1. The summed E-state index contributed by atoms with van der Waals surface area (Å²) in [6.45, 7) is 2.26. The fourth-order valence-electron chi connectivity index (χ4n) is 1.75. The number of sulfonamides is 1. The highest BCUT2D eigenvalue weighted by Gasteiger charge is 2.33. The van der Waals surface area contributed by atoms with Gasteiger partial charge in [-0.3, -0.25) is 5.10 Å². The van der Waals surface area contributed by atoms with E-state index < -0.39 is 16.0 Å². The zero-order valence-electron chi connectivity index (χ0n) is 9.71. The monoisotopic (exact) mass is 291 g/mol. The van der Waals surface area contributed by atoms with Crippen molar-refractivity contribution in [3.8, 4) is 0 Å². The molecular formula is C9H13N3O4S2. The van der Waals surface area contributed by atoms with Crippen LogP contribution in [0.1, 0.15) is 16.1 Å². The van der Waals surface area contributed by atoms with Gasteiger partial charge in [0.25, 0.3) is 10.0 Å². The highest BCUT2D eigenvalue weighted by molar-refractivity contribution is 7.99. The van der Waals surface area contributed by atoms with Crippen molar-refractivity contribution in [2.75, 3.05) is 24.6 Å². The van der Waals surface area contributed by atoms with E-state index in [1.165, 1.54) is 11.2 Å². The van der Waals surface area contributed by atoms with Crippen molar-refractivity contribution >= 4 is 27.8 Å². The van der Waals surface area contributed by atoms with Crippen molar-refractivity contribution in [2.45, 2.75) is 11.9 Å². The molecule has 0 aliphatic carbocycles. The molecule has 0 atom stereocenters. The summed E-state index contributed by atoms with van der Waals surface area (Å²) in [5, 5.41) is 14.7. The Hall–Kier alpha value is -1.06. The second kappa shape index (κ2) is 4.90. The largest absolute Gasteiger partial charge is 0.478 e. The van der Waals surface area contributed by atoms with Gasteiger partial charge in [0.2, 0.25) is 5.03 Å². The lowest BCUT2D eigenvalue weighted by molar-refractivity contribution is 0.0691. The maximum Gasteiger partial charge on any atom is 0.340 e. The molecule has 0 bridgehead atoms. The number of rotatable bonds is 3. The smallest absolute Gasteiger partial charge is 0.340 e. The Morgan fingerprint density at radius 1 is 1.44 bits per heavy atom. The first-order chi connectivity index (χ1) is 8.44. The van der Waals surface area contributed by atoms with Crippen molar-refractivity contribution < 1.29 is 18.3 Å². The van der Waals surface area contributed by atoms with Crippen LogP contribution in [0.3, 0.4) is 0 Å². The third-order valence-electron chi connectivity index (χ3n) is 2.68. The Bertz CT molecular complexity index is 560. The number of hydrogen-bond acceptors (Lipinski definition) is 5. The molecular weight excluding hydrogens is 278 g/mol. The number of nitrogens with zero attached hydrogens (tertiary/aromatic N) is 2. The predicted molar refractivity (Wildman–Crippen MR) is 66.4 cm³/mol. The molecule has 7 nitrogen and oxygen atoms in total. The summed E-state index contributed by atoms with van der Waals surface area (Å²) in [6, 6.07) is 0. The Kier molecular flexibility index (Phi) is 3.64. The number of H-pyrrole nitrogens is 1. The lowest BCUT2D eigenvalue weighted by atomic mass is 10.3. The zero-order chi connectivity index (χ0) is 13.3. The quantitative estimate of drug-likeness (QED) is 0.822. The second-order valence-electron chi connectivity index (χ2n) is 3.85. The van der Waals surface area contributed by atoms with Gasteiger partial charge in [-0.25, -0.2) is 13.2 Å². The zero-order valence-corrected chi connectivity index (χ0v) is 11.3. The van der Waals surface area contributed by atoms with Gasteiger partial charge in [-0.15, -0.1) is 0 Å². The summed E-state index contributed by atoms with van der Waals surface area (Å²) in [6.07, 6.45) is 0. The molecule has 1 aromatic heterocycles. The van der Waals surface area contributed by atoms with Crippen LogP contribution < -0.4 is 0 Å². The minimum atomic E-state index is -3.82. The molecule has 1 aliphatic rings.